The molecule has 5 heteroatoms. The molecular weight excluding hydrogens is 239 g/mol. The Hall–Kier alpha value is -1.20. The fourth-order valence-electron chi connectivity index (χ4n) is 2.00. The number of anilines is 1. The van der Waals surface area contributed by atoms with Crippen LogP contribution in [0.25, 0.3) is 10.2 Å². The minimum Gasteiger partial charge on any atom is -0.376 e. The number of fused-ring (bicyclic) bond motifs is 1. The molecule has 3 rings (SSSR count). The molecule has 17 heavy (non-hydrogen) atoms. The van der Waals surface area contributed by atoms with Crippen molar-refractivity contribution in [2.24, 2.45) is 0 Å². The van der Waals surface area contributed by atoms with E-state index in [0.29, 0.717) is 5.52 Å². The molecule has 0 bridgehead atoms. The maximum Gasteiger partial charge on any atom is 0.183 e. The zero-order valence-electron chi connectivity index (χ0n) is 9.28. The molecule has 3 nitrogen and oxygen atoms in total. The van der Waals surface area contributed by atoms with Gasteiger partial charge in [-0.3, -0.25) is 0 Å². The largest absolute Gasteiger partial charge is 0.376 e. The van der Waals surface area contributed by atoms with Crippen LogP contribution in [0, 0.1) is 5.82 Å². The minimum absolute atomic E-state index is 0.260. The molecule has 0 spiro atoms. The molecule has 1 aliphatic rings. The van der Waals surface area contributed by atoms with Gasteiger partial charge in [-0.05, 0) is 25.0 Å². The van der Waals surface area contributed by atoms with Crippen molar-refractivity contribution in [1.29, 1.82) is 0 Å². The summed E-state index contributed by atoms with van der Waals surface area (Å²) in [6.07, 6.45) is 2.49. The topological polar surface area (TPSA) is 34.1 Å². The number of ether oxygens (including phenoxy) is 1. The van der Waals surface area contributed by atoms with Gasteiger partial charge in [0.05, 0.1) is 10.8 Å². The van der Waals surface area contributed by atoms with Crippen LogP contribution < -0.4 is 5.32 Å². The Labute approximate surface area is 103 Å². The number of benzene rings is 1. The summed E-state index contributed by atoms with van der Waals surface area (Å²) in [5.74, 6) is -0.260. The van der Waals surface area contributed by atoms with E-state index in [9.17, 15) is 4.39 Å². The predicted octanol–water partition coefficient (Wildman–Crippen LogP) is 3.03. The van der Waals surface area contributed by atoms with E-state index in [1.165, 1.54) is 17.4 Å². The van der Waals surface area contributed by atoms with E-state index in [1.807, 2.05) is 6.07 Å². The molecule has 0 aliphatic carbocycles. The van der Waals surface area contributed by atoms with Crippen LogP contribution in [-0.4, -0.2) is 24.2 Å². The number of thiazole rings is 1. The zero-order chi connectivity index (χ0) is 11.7. The predicted molar refractivity (Wildman–Crippen MR) is 67.0 cm³/mol. The Bertz CT molecular complexity index is 522. The number of nitrogens with one attached hydrogen (secondary N) is 1. The Kier molecular flexibility index (Phi) is 2.94. The number of halogens is 1. The highest BCUT2D eigenvalue weighted by molar-refractivity contribution is 7.22. The van der Waals surface area contributed by atoms with Crippen LogP contribution in [-0.2, 0) is 4.74 Å². The van der Waals surface area contributed by atoms with Crippen LogP contribution in [0.3, 0.4) is 0 Å². The van der Waals surface area contributed by atoms with Crippen LogP contribution in [0.2, 0.25) is 0 Å². The summed E-state index contributed by atoms with van der Waals surface area (Å²) in [5, 5.41) is 3.98. The average Bonchev–Trinajstić information content (AvgIpc) is 2.95. The van der Waals surface area contributed by atoms with Gasteiger partial charge in [0.2, 0.25) is 0 Å². The molecule has 1 aromatic carbocycles. The third-order valence-corrected chi connectivity index (χ3v) is 3.85. The van der Waals surface area contributed by atoms with Crippen molar-refractivity contribution in [1.82, 2.24) is 4.98 Å². The van der Waals surface area contributed by atoms with E-state index in [2.05, 4.69) is 10.3 Å². The standard InChI is InChI=1S/C12H13FN2OS/c13-9-4-1-5-10-11(9)15-12(17-10)14-7-8-3-2-6-16-8/h1,4-5,8H,2-3,6-7H2,(H,14,15). The number of rotatable bonds is 3. The quantitative estimate of drug-likeness (QED) is 0.911. The monoisotopic (exact) mass is 252 g/mol. The molecule has 2 heterocycles. The Morgan fingerprint density at radius 3 is 3.24 bits per heavy atom. The van der Waals surface area contributed by atoms with E-state index >= 15 is 0 Å². The summed E-state index contributed by atoms with van der Waals surface area (Å²) in [4.78, 5) is 4.25. The summed E-state index contributed by atoms with van der Waals surface area (Å²) < 4.78 is 19.8. The molecule has 0 saturated carbocycles. The first-order valence-corrected chi connectivity index (χ1v) is 6.55. The summed E-state index contributed by atoms with van der Waals surface area (Å²) in [7, 11) is 0. The van der Waals surface area contributed by atoms with Gasteiger partial charge in [0.15, 0.2) is 5.13 Å². The Morgan fingerprint density at radius 2 is 2.47 bits per heavy atom. The first-order valence-electron chi connectivity index (χ1n) is 5.73. The first kappa shape index (κ1) is 10.9. The molecule has 2 aromatic rings. The SMILES string of the molecule is Fc1cccc2sc(NCC3CCCO3)nc12. The van der Waals surface area contributed by atoms with Crippen molar-refractivity contribution in [2.75, 3.05) is 18.5 Å². The van der Waals surface area contributed by atoms with Gasteiger partial charge in [0.1, 0.15) is 11.3 Å². The van der Waals surface area contributed by atoms with Gasteiger partial charge >= 0.3 is 0 Å². The fourth-order valence-corrected chi connectivity index (χ4v) is 2.88. The van der Waals surface area contributed by atoms with Crippen molar-refractivity contribution >= 4 is 26.7 Å². The number of hydrogen-bond donors (Lipinski definition) is 1. The van der Waals surface area contributed by atoms with Crippen molar-refractivity contribution in [3.63, 3.8) is 0 Å². The minimum atomic E-state index is -0.260. The van der Waals surface area contributed by atoms with Gasteiger partial charge in [-0.25, -0.2) is 9.37 Å². The molecule has 0 amide bonds. The van der Waals surface area contributed by atoms with Crippen LogP contribution in [0.15, 0.2) is 18.2 Å². The smallest absolute Gasteiger partial charge is 0.183 e. The van der Waals surface area contributed by atoms with Gasteiger partial charge in [-0.2, -0.15) is 0 Å². The average molecular weight is 252 g/mol. The fraction of sp³-hybridized carbons (Fsp3) is 0.417. The second-order valence-corrected chi connectivity index (χ2v) is 5.15. The second kappa shape index (κ2) is 4.58. The summed E-state index contributed by atoms with van der Waals surface area (Å²) >= 11 is 1.48. The first-order chi connectivity index (χ1) is 8.33. The zero-order valence-corrected chi connectivity index (χ0v) is 10.1. The van der Waals surface area contributed by atoms with E-state index in [-0.39, 0.29) is 11.9 Å². The molecule has 1 unspecified atom stereocenters. The van der Waals surface area contributed by atoms with Crippen molar-refractivity contribution < 1.29 is 9.13 Å². The van der Waals surface area contributed by atoms with Gasteiger partial charge in [0, 0.05) is 13.2 Å². The normalized spacial score (nSPS) is 19.9. The molecule has 0 radical (unpaired) electrons. The molecule has 1 N–H and O–H groups in total. The lowest BCUT2D eigenvalue weighted by molar-refractivity contribution is 0.120. The molecular formula is C12H13FN2OS. The van der Waals surface area contributed by atoms with E-state index in [0.717, 1.165) is 35.8 Å². The highest BCUT2D eigenvalue weighted by Gasteiger charge is 2.16. The highest BCUT2D eigenvalue weighted by atomic mass is 32.1. The third kappa shape index (κ3) is 2.25. The molecule has 1 fully saturated rings. The Balaban J connectivity index is 1.74. The van der Waals surface area contributed by atoms with Crippen molar-refractivity contribution in [3.8, 4) is 0 Å². The summed E-state index contributed by atoms with van der Waals surface area (Å²) in [6, 6.07) is 5.03. The van der Waals surface area contributed by atoms with Crippen LogP contribution >= 0.6 is 11.3 Å². The number of nitrogens with zero attached hydrogens (tertiary/aromatic N) is 1. The lowest BCUT2D eigenvalue weighted by Crippen LogP contribution is -2.18. The van der Waals surface area contributed by atoms with Crippen molar-refractivity contribution in [2.45, 2.75) is 18.9 Å². The van der Waals surface area contributed by atoms with Crippen LogP contribution in [0.1, 0.15) is 12.8 Å². The van der Waals surface area contributed by atoms with Crippen LogP contribution in [0.4, 0.5) is 9.52 Å². The maximum atomic E-state index is 13.4. The van der Waals surface area contributed by atoms with Crippen molar-refractivity contribution in [3.05, 3.63) is 24.0 Å². The Morgan fingerprint density at radius 1 is 1.53 bits per heavy atom. The summed E-state index contributed by atoms with van der Waals surface area (Å²) in [5.41, 5.74) is 0.451. The molecule has 1 saturated heterocycles. The molecule has 90 valence electrons. The second-order valence-electron chi connectivity index (χ2n) is 4.12. The van der Waals surface area contributed by atoms with Gasteiger partial charge in [-0.1, -0.05) is 17.4 Å². The highest BCUT2D eigenvalue weighted by Crippen LogP contribution is 2.27. The van der Waals surface area contributed by atoms with Gasteiger partial charge in [0.25, 0.3) is 0 Å². The molecule has 1 aromatic heterocycles. The van der Waals surface area contributed by atoms with E-state index < -0.39 is 0 Å². The van der Waals surface area contributed by atoms with E-state index in [4.69, 9.17) is 4.74 Å². The van der Waals surface area contributed by atoms with Gasteiger partial charge < -0.3 is 10.1 Å². The lowest BCUT2D eigenvalue weighted by atomic mass is 10.2. The van der Waals surface area contributed by atoms with Gasteiger partial charge in [-0.15, -0.1) is 0 Å². The van der Waals surface area contributed by atoms with E-state index in [1.54, 1.807) is 6.07 Å². The molecule has 1 aliphatic heterocycles. The summed E-state index contributed by atoms with van der Waals surface area (Å²) in [6.45, 7) is 1.60. The number of hydrogen-bond acceptors (Lipinski definition) is 4. The number of aromatic nitrogens is 1. The lowest BCUT2D eigenvalue weighted by Gasteiger charge is -2.08. The maximum absolute atomic E-state index is 13.4. The number of para-hydroxylation sites is 1. The third-order valence-electron chi connectivity index (χ3n) is 2.87. The van der Waals surface area contributed by atoms with Crippen LogP contribution in [0.5, 0.6) is 0 Å². The molecule has 1 atom stereocenters.